The fourth-order valence-electron chi connectivity index (χ4n) is 3.64. The third kappa shape index (κ3) is 2.52. The van der Waals surface area contributed by atoms with Gasteiger partial charge in [0.1, 0.15) is 0 Å². The average Bonchev–Trinajstić information content (AvgIpc) is 2.86. The van der Waals surface area contributed by atoms with Crippen molar-refractivity contribution in [3.05, 3.63) is 35.9 Å². The Balaban J connectivity index is 1.80. The molecule has 0 N–H and O–H groups in total. The van der Waals surface area contributed by atoms with Crippen LogP contribution in [0.5, 0.6) is 0 Å². The van der Waals surface area contributed by atoms with Gasteiger partial charge in [-0.05, 0) is 19.3 Å². The van der Waals surface area contributed by atoms with Crippen LogP contribution < -0.4 is 0 Å². The molecule has 1 aliphatic heterocycles. The summed E-state index contributed by atoms with van der Waals surface area (Å²) in [6.45, 7) is 0. The predicted molar refractivity (Wildman–Crippen MR) is 76.6 cm³/mol. The van der Waals surface area contributed by atoms with Crippen LogP contribution in [0.25, 0.3) is 0 Å². The molecule has 0 aromatic heterocycles. The van der Waals surface area contributed by atoms with E-state index in [2.05, 4.69) is 0 Å². The molecule has 3 nitrogen and oxygen atoms in total. The van der Waals surface area contributed by atoms with Crippen LogP contribution in [0.1, 0.15) is 48.9 Å². The Morgan fingerprint density at radius 3 is 2.55 bits per heavy atom. The molecule has 20 heavy (non-hydrogen) atoms. The maximum atomic E-state index is 12.7. The summed E-state index contributed by atoms with van der Waals surface area (Å²) in [5.41, 5.74) is 0.643. The van der Waals surface area contributed by atoms with Crippen molar-refractivity contribution in [3.8, 4) is 0 Å². The summed E-state index contributed by atoms with van der Waals surface area (Å²) < 4.78 is 11.6. The topological polar surface area (TPSA) is 35.5 Å². The Morgan fingerprint density at radius 2 is 1.90 bits per heavy atom. The Labute approximate surface area is 120 Å². The monoisotopic (exact) mass is 274 g/mol. The average molecular weight is 274 g/mol. The largest absolute Gasteiger partial charge is 0.355 e. The minimum Gasteiger partial charge on any atom is -0.355 e. The van der Waals surface area contributed by atoms with E-state index in [1.165, 1.54) is 19.3 Å². The van der Waals surface area contributed by atoms with Gasteiger partial charge in [0.2, 0.25) is 0 Å². The Morgan fingerprint density at radius 1 is 1.20 bits per heavy atom. The zero-order valence-corrected chi connectivity index (χ0v) is 12.0. The smallest absolute Gasteiger partial charge is 0.171 e. The fourth-order valence-corrected chi connectivity index (χ4v) is 3.64. The van der Waals surface area contributed by atoms with E-state index in [0.29, 0.717) is 0 Å². The molecule has 1 saturated heterocycles. The molecule has 0 amide bonds. The molecule has 3 heteroatoms. The molecule has 1 aliphatic carbocycles. The maximum Gasteiger partial charge on any atom is 0.171 e. The van der Waals surface area contributed by atoms with Gasteiger partial charge in [-0.25, -0.2) is 0 Å². The molecular weight excluding hydrogens is 252 g/mol. The van der Waals surface area contributed by atoms with Gasteiger partial charge < -0.3 is 9.47 Å². The first-order valence-corrected chi connectivity index (χ1v) is 7.54. The van der Waals surface area contributed by atoms with Crippen molar-refractivity contribution < 1.29 is 14.3 Å². The van der Waals surface area contributed by atoms with Crippen LogP contribution in [0.4, 0.5) is 0 Å². The summed E-state index contributed by atoms with van der Waals surface area (Å²) >= 11 is 0. The molecule has 3 rings (SSSR count). The molecule has 1 saturated carbocycles. The first kappa shape index (κ1) is 13.8. The molecule has 0 radical (unpaired) electrons. The summed E-state index contributed by atoms with van der Waals surface area (Å²) in [5, 5.41) is 0. The van der Waals surface area contributed by atoms with E-state index in [1.807, 2.05) is 30.3 Å². The summed E-state index contributed by atoms with van der Waals surface area (Å²) in [6.07, 6.45) is 6.21. The first-order valence-electron chi connectivity index (χ1n) is 7.54. The molecule has 0 bridgehead atoms. The van der Waals surface area contributed by atoms with Gasteiger partial charge in [0, 0.05) is 12.7 Å². The van der Waals surface area contributed by atoms with Crippen molar-refractivity contribution in [2.24, 2.45) is 5.92 Å². The minimum absolute atomic E-state index is 0.117. The van der Waals surface area contributed by atoms with Gasteiger partial charge in [-0.1, -0.05) is 49.6 Å². The van der Waals surface area contributed by atoms with Crippen LogP contribution in [0, 0.1) is 5.92 Å². The maximum absolute atomic E-state index is 12.7. The lowest BCUT2D eigenvalue weighted by Crippen LogP contribution is -2.31. The second kappa shape index (κ2) is 5.66. The predicted octanol–water partition coefficient (Wildman–Crippen LogP) is 3.58. The lowest BCUT2D eigenvalue weighted by molar-refractivity contribution is -0.170. The number of rotatable bonds is 3. The second-order valence-electron chi connectivity index (χ2n) is 6.01. The van der Waals surface area contributed by atoms with Gasteiger partial charge in [-0.15, -0.1) is 0 Å². The number of hydrogen-bond acceptors (Lipinski definition) is 3. The molecule has 1 heterocycles. The Kier molecular flexibility index (Phi) is 3.90. The summed E-state index contributed by atoms with van der Waals surface area (Å²) in [6, 6.07) is 9.49. The van der Waals surface area contributed by atoms with Crippen molar-refractivity contribution >= 4 is 5.78 Å². The van der Waals surface area contributed by atoms with Crippen molar-refractivity contribution in [1.29, 1.82) is 0 Å². The highest BCUT2D eigenvalue weighted by Crippen LogP contribution is 2.45. The third-order valence-electron chi connectivity index (χ3n) is 4.68. The van der Waals surface area contributed by atoms with Gasteiger partial charge in [-0.3, -0.25) is 4.79 Å². The standard InChI is InChI=1S/C17H22O3/c1-19-16-14(15(18)13-8-4-2-5-9-13)12-17(20-16)10-6-3-7-11-17/h2,4-5,8-9,14,16H,3,6-7,10-12H2,1H3/t14-,16-/m1/s1. The second-order valence-corrected chi connectivity index (χ2v) is 6.01. The van der Waals surface area contributed by atoms with Crippen LogP contribution in [0.15, 0.2) is 30.3 Å². The lowest BCUT2D eigenvalue weighted by atomic mass is 9.79. The van der Waals surface area contributed by atoms with Crippen molar-refractivity contribution in [3.63, 3.8) is 0 Å². The fraction of sp³-hybridized carbons (Fsp3) is 0.588. The highest BCUT2D eigenvalue weighted by Gasteiger charge is 2.49. The zero-order valence-electron chi connectivity index (χ0n) is 12.0. The highest BCUT2D eigenvalue weighted by atomic mass is 16.7. The molecule has 1 aromatic rings. The number of ether oxygens (including phenoxy) is 2. The van der Waals surface area contributed by atoms with Gasteiger partial charge in [-0.2, -0.15) is 0 Å². The van der Waals surface area contributed by atoms with Crippen LogP contribution in [-0.2, 0) is 9.47 Å². The van der Waals surface area contributed by atoms with E-state index in [1.54, 1.807) is 7.11 Å². The number of carbonyl (C=O) groups is 1. The quantitative estimate of drug-likeness (QED) is 0.790. The first-order chi connectivity index (χ1) is 9.74. The van der Waals surface area contributed by atoms with Crippen molar-refractivity contribution in [2.45, 2.75) is 50.4 Å². The molecule has 108 valence electrons. The van der Waals surface area contributed by atoms with Crippen LogP contribution in [-0.4, -0.2) is 24.8 Å². The van der Waals surface area contributed by atoms with Gasteiger partial charge >= 0.3 is 0 Å². The number of carbonyl (C=O) groups excluding carboxylic acids is 1. The third-order valence-corrected chi connectivity index (χ3v) is 4.68. The Hall–Kier alpha value is -1.19. The normalized spacial score (nSPS) is 28.6. The van der Waals surface area contributed by atoms with E-state index in [4.69, 9.17) is 9.47 Å². The lowest BCUT2D eigenvalue weighted by Gasteiger charge is -2.32. The van der Waals surface area contributed by atoms with Gasteiger partial charge in [0.25, 0.3) is 0 Å². The van der Waals surface area contributed by atoms with Crippen molar-refractivity contribution in [1.82, 2.24) is 0 Å². The number of Topliss-reactive ketones (excluding diaryl/α,β-unsaturated/α-hetero) is 1. The molecule has 1 aromatic carbocycles. The van der Waals surface area contributed by atoms with E-state index in [0.717, 1.165) is 24.8 Å². The summed E-state index contributed by atoms with van der Waals surface area (Å²) in [4.78, 5) is 12.7. The molecule has 2 atom stereocenters. The molecule has 0 unspecified atom stereocenters. The highest BCUT2D eigenvalue weighted by molar-refractivity contribution is 5.98. The van der Waals surface area contributed by atoms with Crippen molar-refractivity contribution in [2.75, 3.05) is 7.11 Å². The van der Waals surface area contributed by atoms with Crippen LogP contribution >= 0.6 is 0 Å². The molecule has 2 fully saturated rings. The van der Waals surface area contributed by atoms with E-state index >= 15 is 0 Å². The minimum atomic E-state index is -0.388. The number of methoxy groups -OCH3 is 1. The van der Waals surface area contributed by atoms with Gasteiger partial charge in [0.15, 0.2) is 12.1 Å². The SMILES string of the molecule is CO[C@@H]1OC2(CCCCC2)C[C@@H]1C(=O)c1ccccc1. The summed E-state index contributed by atoms with van der Waals surface area (Å²) in [7, 11) is 1.64. The zero-order chi connectivity index (χ0) is 14.0. The molecule has 2 aliphatic rings. The van der Waals surface area contributed by atoms with E-state index in [-0.39, 0.29) is 23.6 Å². The van der Waals surface area contributed by atoms with E-state index in [9.17, 15) is 4.79 Å². The number of hydrogen-bond donors (Lipinski definition) is 0. The van der Waals surface area contributed by atoms with Crippen LogP contribution in [0.3, 0.4) is 0 Å². The number of ketones is 1. The number of benzene rings is 1. The van der Waals surface area contributed by atoms with Gasteiger partial charge in [0.05, 0.1) is 11.5 Å². The van der Waals surface area contributed by atoms with Crippen LogP contribution in [0.2, 0.25) is 0 Å². The summed E-state index contributed by atoms with van der Waals surface area (Å²) in [5.74, 6) is -0.0135. The molecule has 1 spiro atoms. The van der Waals surface area contributed by atoms with E-state index < -0.39 is 0 Å². The molecular formula is C17H22O3. The Bertz CT molecular complexity index is 462.